The molecular formula is C35H44O6S. The third-order valence-corrected chi connectivity index (χ3v) is 7.30. The van der Waals surface area contributed by atoms with Gasteiger partial charge in [0.2, 0.25) is 0 Å². The number of aliphatic hydroxyl groups excluding tert-OH is 1. The Balaban J connectivity index is 0.000000686. The average Bonchev–Trinajstić information content (AvgIpc) is 3.42. The highest BCUT2D eigenvalue weighted by molar-refractivity contribution is 8.00. The number of esters is 2. The fourth-order valence-corrected chi connectivity index (χ4v) is 4.79. The van der Waals surface area contributed by atoms with Crippen molar-refractivity contribution in [3.8, 4) is 0 Å². The van der Waals surface area contributed by atoms with Crippen LogP contribution in [0.4, 0.5) is 0 Å². The molecule has 0 spiro atoms. The molecule has 1 unspecified atom stereocenters. The number of ether oxygens (including phenoxy) is 3. The molecule has 226 valence electrons. The number of carbonyl (C=O) groups is 2. The third-order valence-electron chi connectivity index (χ3n) is 5.92. The monoisotopic (exact) mass is 592 g/mol. The van der Waals surface area contributed by atoms with E-state index in [9.17, 15) is 9.59 Å². The van der Waals surface area contributed by atoms with Gasteiger partial charge in [0, 0.05) is 6.42 Å². The Bertz CT molecular complexity index is 1200. The summed E-state index contributed by atoms with van der Waals surface area (Å²) in [4.78, 5) is 24.9. The van der Waals surface area contributed by atoms with Crippen LogP contribution in [-0.2, 0) is 14.2 Å². The number of rotatable bonds is 11. The Morgan fingerprint density at radius 1 is 0.976 bits per heavy atom. The van der Waals surface area contributed by atoms with E-state index in [-0.39, 0.29) is 23.9 Å². The molecule has 0 aliphatic carbocycles. The lowest BCUT2D eigenvalue weighted by Gasteiger charge is -2.18. The lowest BCUT2D eigenvalue weighted by Crippen LogP contribution is -2.29. The molecule has 1 N–H and O–H groups in total. The number of carbonyl (C=O) groups excluding carboxylic acids is 2. The molecule has 7 heteroatoms. The molecule has 3 atom stereocenters. The second kappa shape index (κ2) is 21.0. The van der Waals surface area contributed by atoms with Crippen molar-refractivity contribution in [3.63, 3.8) is 0 Å². The summed E-state index contributed by atoms with van der Waals surface area (Å²) in [7, 11) is 0. The lowest BCUT2D eigenvalue weighted by molar-refractivity contribution is 0.0166. The molecular weight excluding hydrogens is 548 g/mol. The molecule has 3 rings (SSSR count). The van der Waals surface area contributed by atoms with Crippen LogP contribution in [0.2, 0.25) is 0 Å². The van der Waals surface area contributed by atoms with E-state index in [0.717, 1.165) is 11.1 Å². The van der Waals surface area contributed by atoms with Crippen LogP contribution in [0, 0.1) is 0 Å². The molecule has 0 aromatic heterocycles. The molecule has 1 aliphatic heterocycles. The summed E-state index contributed by atoms with van der Waals surface area (Å²) < 4.78 is 17.3. The first-order valence-corrected chi connectivity index (χ1v) is 14.9. The molecule has 0 saturated carbocycles. The minimum Gasteiger partial charge on any atom is -0.480 e. The van der Waals surface area contributed by atoms with Gasteiger partial charge in [-0.2, -0.15) is 0 Å². The van der Waals surface area contributed by atoms with Gasteiger partial charge >= 0.3 is 11.9 Å². The van der Waals surface area contributed by atoms with Crippen LogP contribution in [0.5, 0.6) is 0 Å². The maximum absolute atomic E-state index is 12.6. The van der Waals surface area contributed by atoms with Gasteiger partial charge in [-0.1, -0.05) is 93.8 Å². The molecule has 0 bridgehead atoms. The highest BCUT2D eigenvalue weighted by Gasteiger charge is 2.40. The van der Waals surface area contributed by atoms with Gasteiger partial charge in [0.25, 0.3) is 0 Å². The van der Waals surface area contributed by atoms with Gasteiger partial charge in [-0.3, -0.25) is 0 Å². The SMILES string of the molecule is C=C(OC1C[C@@H](OC(=O)c2ccccc2)[C@@H](COC(=O)c2ccccc2)S1)/C(C)=C/C.C=C/C(=C\C=C/C)CO.CC. The molecule has 1 heterocycles. The minimum absolute atomic E-state index is 0.0633. The van der Waals surface area contributed by atoms with Gasteiger partial charge in [-0.05, 0) is 56.2 Å². The zero-order valence-electron chi connectivity index (χ0n) is 25.3. The second-order valence-electron chi connectivity index (χ2n) is 8.76. The van der Waals surface area contributed by atoms with Crippen LogP contribution in [0.15, 0.2) is 121 Å². The molecule has 2 aromatic carbocycles. The maximum Gasteiger partial charge on any atom is 0.338 e. The number of thioether (sulfide) groups is 1. The Hall–Kier alpha value is -3.81. The molecule has 42 heavy (non-hydrogen) atoms. The van der Waals surface area contributed by atoms with Crippen molar-refractivity contribution < 1.29 is 28.9 Å². The van der Waals surface area contributed by atoms with E-state index in [1.165, 1.54) is 11.8 Å². The molecule has 1 fully saturated rings. The van der Waals surface area contributed by atoms with E-state index in [0.29, 0.717) is 23.3 Å². The van der Waals surface area contributed by atoms with Gasteiger partial charge < -0.3 is 19.3 Å². The first-order valence-electron chi connectivity index (χ1n) is 14.0. The van der Waals surface area contributed by atoms with E-state index in [2.05, 4.69) is 13.2 Å². The highest BCUT2D eigenvalue weighted by atomic mass is 32.2. The fourth-order valence-electron chi connectivity index (χ4n) is 3.44. The van der Waals surface area contributed by atoms with E-state index in [1.807, 2.05) is 71.1 Å². The predicted molar refractivity (Wildman–Crippen MR) is 173 cm³/mol. The van der Waals surface area contributed by atoms with Crippen molar-refractivity contribution >= 4 is 23.7 Å². The molecule has 2 aromatic rings. The maximum atomic E-state index is 12.6. The normalized spacial score (nSPS) is 18.1. The number of hydrogen-bond acceptors (Lipinski definition) is 7. The van der Waals surface area contributed by atoms with Gasteiger partial charge in [-0.15, -0.1) is 11.8 Å². The van der Waals surface area contributed by atoms with Crippen LogP contribution in [0.25, 0.3) is 0 Å². The molecule has 0 radical (unpaired) electrons. The zero-order valence-corrected chi connectivity index (χ0v) is 26.1. The first-order chi connectivity index (χ1) is 20.3. The third kappa shape index (κ3) is 12.8. The summed E-state index contributed by atoms with van der Waals surface area (Å²) in [5.41, 5.74) is 2.49. The van der Waals surface area contributed by atoms with Crippen molar-refractivity contribution in [2.45, 2.75) is 57.8 Å². The summed E-state index contributed by atoms with van der Waals surface area (Å²) in [6.07, 6.45) is 9.19. The summed E-state index contributed by atoms with van der Waals surface area (Å²) >= 11 is 1.48. The summed E-state index contributed by atoms with van der Waals surface area (Å²) in [6, 6.07) is 17.6. The number of hydrogen-bond donors (Lipinski definition) is 1. The zero-order chi connectivity index (χ0) is 31.3. The Morgan fingerprint density at radius 3 is 2.05 bits per heavy atom. The van der Waals surface area contributed by atoms with Gasteiger partial charge in [0.1, 0.15) is 23.9 Å². The van der Waals surface area contributed by atoms with E-state index < -0.39 is 18.0 Å². The van der Waals surface area contributed by atoms with Crippen molar-refractivity contribution in [3.05, 3.63) is 132 Å². The number of aliphatic hydroxyl groups is 1. The van der Waals surface area contributed by atoms with Crippen molar-refractivity contribution in [1.82, 2.24) is 0 Å². The van der Waals surface area contributed by atoms with E-state index >= 15 is 0 Å². The van der Waals surface area contributed by atoms with E-state index in [1.54, 1.807) is 54.6 Å². The fraction of sp³-hybridized carbons (Fsp3) is 0.314. The van der Waals surface area contributed by atoms with Crippen LogP contribution in [0.3, 0.4) is 0 Å². The van der Waals surface area contributed by atoms with Crippen LogP contribution in [0.1, 0.15) is 61.8 Å². The van der Waals surface area contributed by atoms with Crippen LogP contribution < -0.4 is 0 Å². The molecule has 6 nitrogen and oxygen atoms in total. The molecule has 1 saturated heterocycles. The van der Waals surface area contributed by atoms with E-state index in [4.69, 9.17) is 19.3 Å². The Morgan fingerprint density at radius 2 is 1.55 bits per heavy atom. The Labute approximate surface area is 255 Å². The van der Waals surface area contributed by atoms with Gasteiger partial charge in [0.05, 0.1) is 23.0 Å². The number of benzene rings is 2. The van der Waals surface area contributed by atoms with Crippen LogP contribution in [-0.4, -0.2) is 47.0 Å². The predicted octanol–water partition coefficient (Wildman–Crippen LogP) is 8.09. The van der Waals surface area contributed by atoms with Crippen molar-refractivity contribution in [1.29, 1.82) is 0 Å². The molecule has 0 amide bonds. The Kier molecular flexibility index (Phi) is 18.1. The summed E-state index contributed by atoms with van der Waals surface area (Å²) in [5, 5.41) is 8.33. The van der Waals surface area contributed by atoms with Gasteiger partial charge in [0.15, 0.2) is 0 Å². The quantitative estimate of drug-likeness (QED) is 0.160. The largest absolute Gasteiger partial charge is 0.480 e. The molecule has 1 aliphatic rings. The first kappa shape index (κ1) is 36.2. The minimum atomic E-state index is -0.454. The van der Waals surface area contributed by atoms with Crippen molar-refractivity contribution in [2.24, 2.45) is 0 Å². The lowest BCUT2D eigenvalue weighted by atomic mass is 10.2. The summed E-state index contributed by atoms with van der Waals surface area (Å²) in [6.45, 7) is 17.4. The second-order valence-corrected chi connectivity index (χ2v) is 10.2. The van der Waals surface area contributed by atoms with Gasteiger partial charge in [-0.25, -0.2) is 9.59 Å². The van der Waals surface area contributed by atoms with Crippen LogP contribution >= 0.6 is 11.8 Å². The summed E-state index contributed by atoms with van der Waals surface area (Å²) in [5.74, 6) is -0.238. The smallest absolute Gasteiger partial charge is 0.338 e. The topological polar surface area (TPSA) is 82.1 Å². The average molecular weight is 593 g/mol. The highest BCUT2D eigenvalue weighted by Crippen LogP contribution is 2.39. The van der Waals surface area contributed by atoms with Crippen molar-refractivity contribution in [2.75, 3.05) is 13.2 Å². The number of allylic oxidation sites excluding steroid dienone is 5. The standard InChI is InChI=1S/C25H26O5S.C8H12O.C2H6/c1-4-17(2)18(3)29-23-15-21(30-25(27)20-13-9-6-10-14-20)22(31-23)16-28-24(26)19-11-7-5-8-12-19;1-3-5-6-8(4-2)7-9;1-2/h4-14,21-23H,3,15-16H2,1-2H3;3-6,9H,2,7H2,1H3;1-2H3/b17-4+;5-3-,8-6+;/t21-,22-,23?;;/m1../s1.